The Morgan fingerprint density at radius 1 is 1.65 bits per heavy atom. The van der Waals surface area contributed by atoms with Crippen LogP contribution >= 0.6 is 11.3 Å². The van der Waals surface area contributed by atoms with E-state index >= 15 is 0 Å². The van der Waals surface area contributed by atoms with E-state index in [1.165, 1.54) is 11.3 Å². The molecule has 0 aromatic carbocycles. The van der Waals surface area contributed by atoms with Gasteiger partial charge in [0.1, 0.15) is 5.69 Å². The Morgan fingerprint density at radius 2 is 2.41 bits per heavy atom. The summed E-state index contributed by atoms with van der Waals surface area (Å²) in [7, 11) is 0. The fraction of sp³-hybridized carbons (Fsp3) is 0.636. The van der Waals surface area contributed by atoms with Crippen molar-refractivity contribution in [2.24, 2.45) is 0 Å². The average Bonchev–Trinajstić information content (AvgIpc) is 2.72. The van der Waals surface area contributed by atoms with Gasteiger partial charge in [-0.3, -0.25) is 4.79 Å². The largest absolute Gasteiger partial charge is 0.388 e. The summed E-state index contributed by atoms with van der Waals surface area (Å²) in [6, 6.07) is 0. The zero-order chi connectivity index (χ0) is 12.3. The van der Waals surface area contributed by atoms with Crippen LogP contribution in [0, 0.1) is 0 Å². The van der Waals surface area contributed by atoms with Crippen LogP contribution < -0.4 is 10.6 Å². The van der Waals surface area contributed by atoms with Crippen LogP contribution in [0.4, 0.5) is 5.13 Å². The lowest BCUT2D eigenvalue weighted by atomic mass is 9.80. The van der Waals surface area contributed by atoms with Crippen molar-refractivity contribution in [3.05, 3.63) is 11.1 Å². The van der Waals surface area contributed by atoms with Crippen molar-refractivity contribution in [3.8, 4) is 0 Å². The molecule has 0 saturated heterocycles. The fourth-order valence-corrected chi connectivity index (χ4v) is 2.47. The van der Waals surface area contributed by atoms with Gasteiger partial charge < -0.3 is 15.7 Å². The first-order chi connectivity index (χ1) is 8.13. The van der Waals surface area contributed by atoms with Crippen molar-refractivity contribution < 1.29 is 9.90 Å². The van der Waals surface area contributed by atoms with Gasteiger partial charge in [-0.05, 0) is 26.2 Å². The molecule has 0 atom stereocenters. The Bertz CT molecular complexity index is 401. The van der Waals surface area contributed by atoms with Crippen molar-refractivity contribution in [1.82, 2.24) is 10.3 Å². The molecule has 5 nitrogen and oxygen atoms in total. The summed E-state index contributed by atoms with van der Waals surface area (Å²) in [5.41, 5.74) is -0.273. The van der Waals surface area contributed by atoms with Gasteiger partial charge in [0.05, 0.1) is 5.60 Å². The minimum Gasteiger partial charge on any atom is -0.388 e. The zero-order valence-corrected chi connectivity index (χ0v) is 10.6. The number of hydrogen-bond donors (Lipinski definition) is 3. The topological polar surface area (TPSA) is 74.2 Å². The maximum Gasteiger partial charge on any atom is 0.270 e. The molecule has 1 aliphatic rings. The molecular weight excluding hydrogens is 238 g/mol. The summed E-state index contributed by atoms with van der Waals surface area (Å²) in [6.45, 7) is 3.08. The van der Waals surface area contributed by atoms with Crippen molar-refractivity contribution in [2.75, 3.05) is 18.4 Å². The van der Waals surface area contributed by atoms with E-state index < -0.39 is 5.60 Å². The van der Waals surface area contributed by atoms with Crippen LogP contribution in [0.15, 0.2) is 5.38 Å². The first kappa shape index (κ1) is 12.3. The van der Waals surface area contributed by atoms with Crippen LogP contribution in [0.25, 0.3) is 0 Å². The minimum atomic E-state index is -0.684. The number of anilines is 1. The number of aliphatic hydroxyl groups is 1. The number of nitrogens with one attached hydrogen (secondary N) is 2. The van der Waals surface area contributed by atoms with Crippen LogP contribution in [0.5, 0.6) is 0 Å². The van der Waals surface area contributed by atoms with E-state index in [9.17, 15) is 9.90 Å². The normalized spacial score (nSPS) is 17.3. The molecule has 17 heavy (non-hydrogen) atoms. The van der Waals surface area contributed by atoms with Gasteiger partial charge in [0.15, 0.2) is 5.13 Å². The third-order valence-corrected chi connectivity index (χ3v) is 3.73. The highest BCUT2D eigenvalue weighted by atomic mass is 32.1. The van der Waals surface area contributed by atoms with Crippen LogP contribution in [-0.2, 0) is 0 Å². The van der Waals surface area contributed by atoms with Crippen molar-refractivity contribution in [1.29, 1.82) is 0 Å². The van der Waals surface area contributed by atoms with E-state index in [1.807, 2.05) is 6.92 Å². The highest BCUT2D eigenvalue weighted by Gasteiger charge is 2.34. The molecule has 94 valence electrons. The van der Waals surface area contributed by atoms with Gasteiger partial charge in [0, 0.05) is 18.5 Å². The molecule has 2 rings (SSSR count). The molecule has 0 bridgehead atoms. The SMILES string of the molecule is CCNc1nc(C(=O)NCC2(O)CCC2)cs1. The Morgan fingerprint density at radius 3 is 3.00 bits per heavy atom. The number of aromatic nitrogens is 1. The molecule has 1 aromatic heterocycles. The highest BCUT2D eigenvalue weighted by molar-refractivity contribution is 7.13. The molecule has 1 aliphatic carbocycles. The van der Waals surface area contributed by atoms with Gasteiger partial charge in [0.2, 0.25) is 0 Å². The Hall–Kier alpha value is -1.14. The maximum absolute atomic E-state index is 11.7. The molecule has 1 fully saturated rings. The predicted octanol–water partition coefficient (Wildman–Crippen LogP) is 1.22. The molecule has 6 heteroatoms. The number of thiazole rings is 1. The quantitative estimate of drug-likeness (QED) is 0.739. The molecular formula is C11H17N3O2S. The third-order valence-electron chi connectivity index (χ3n) is 2.93. The Kier molecular flexibility index (Phi) is 3.63. The second-order valence-electron chi connectivity index (χ2n) is 4.33. The van der Waals surface area contributed by atoms with E-state index in [2.05, 4.69) is 15.6 Å². The molecule has 1 amide bonds. The van der Waals surface area contributed by atoms with Crippen molar-refractivity contribution in [2.45, 2.75) is 31.8 Å². The Labute approximate surface area is 104 Å². The number of amides is 1. The molecule has 1 aromatic rings. The van der Waals surface area contributed by atoms with E-state index in [0.717, 1.165) is 30.9 Å². The number of carbonyl (C=O) groups excluding carboxylic acids is 1. The second kappa shape index (κ2) is 5.01. The van der Waals surface area contributed by atoms with Gasteiger partial charge >= 0.3 is 0 Å². The zero-order valence-electron chi connectivity index (χ0n) is 9.82. The minimum absolute atomic E-state index is 0.217. The molecule has 0 aliphatic heterocycles. The number of rotatable bonds is 5. The van der Waals surface area contributed by atoms with Crippen molar-refractivity contribution in [3.63, 3.8) is 0 Å². The number of carbonyl (C=O) groups is 1. The summed E-state index contributed by atoms with van der Waals surface area (Å²) in [5, 5.41) is 18.1. The van der Waals surface area contributed by atoms with Gasteiger partial charge in [-0.15, -0.1) is 11.3 Å². The lowest BCUT2D eigenvalue weighted by Crippen LogP contribution is -2.47. The molecule has 0 radical (unpaired) electrons. The lowest BCUT2D eigenvalue weighted by Gasteiger charge is -2.36. The summed E-state index contributed by atoms with van der Waals surface area (Å²) < 4.78 is 0. The monoisotopic (exact) mass is 255 g/mol. The van der Waals surface area contributed by atoms with E-state index in [1.54, 1.807) is 5.38 Å². The van der Waals surface area contributed by atoms with Gasteiger partial charge in [-0.2, -0.15) is 0 Å². The van der Waals surface area contributed by atoms with Crippen LogP contribution in [0.3, 0.4) is 0 Å². The molecule has 3 N–H and O–H groups in total. The third kappa shape index (κ3) is 2.95. The number of nitrogens with zero attached hydrogens (tertiary/aromatic N) is 1. The summed E-state index contributed by atoms with van der Waals surface area (Å²) in [5.74, 6) is -0.217. The Balaban J connectivity index is 1.85. The molecule has 0 spiro atoms. The summed E-state index contributed by atoms with van der Waals surface area (Å²) in [4.78, 5) is 15.9. The van der Waals surface area contributed by atoms with E-state index in [4.69, 9.17) is 0 Å². The smallest absolute Gasteiger partial charge is 0.270 e. The van der Waals surface area contributed by atoms with Crippen LogP contribution in [-0.4, -0.2) is 34.7 Å². The van der Waals surface area contributed by atoms with Gasteiger partial charge in [0.25, 0.3) is 5.91 Å². The van der Waals surface area contributed by atoms with Crippen LogP contribution in [0.2, 0.25) is 0 Å². The van der Waals surface area contributed by atoms with E-state index in [-0.39, 0.29) is 5.91 Å². The fourth-order valence-electron chi connectivity index (χ4n) is 1.71. The predicted molar refractivity (Wildman–Crippen MR) is 67.4 cm³/mol. The molecule has 0 unspecified atom stereocenters. The van der Waals surface area contributed by atoms with E-state index in [0.29, 0.717) is 12.2 Å². The highest BCUT2D eigenvalue weighted by Crippen LogP contribution is 2.30. The van der Waals surface area contributed by atoms with Gasteiger partial charge in [-0.1, -0.05) is 0 Å². The standard InChI is InChI=1S/C11H17N3O2S/c1-2-12-10-14-8(6-17-10)9(15)13-7-11(16)4-3-5-11/h6,16H,2-5,7H2,1H3,(H,12,14)(H,13,15). The van der Waals surface area contributed by atoms with Crippen LogP contribution in [0.1, 0.15) is 36.7 Å². The van der Waals surface area contributed by atoms with Crippen molar-refractivity contribution >= 4 is 22.4 Å². The first-order valence-corrected chi connectivity index (χ1v) is 6.71. The average molecular weight is 255 g/mol. The number of hydrogen-bond acceptors (Lipinski definition) is 5. The maximum atomic E-state index is 11.7. The lowest BCUT2D eigenvalue weighted by molar-refractivity contribution is -0.0300. The van der Waals surface area contributed by atoms with Gasteiger partial charge in [-0.25, -0.2) is 4.98 Å². The second-order valence-corrected chi connectivity index (χ2v) is 5.19. The summed E-state index contributed by atoms with van der Waals surface area (Å²) >= 11 is 1.41. The summed E-state index contributed by atoms with van der Waals surface area (Å²) in [6.07, 6.45) is 2.58. The first-order valence-electron chi connectivity index (χ1n) is 5.83. The molecule has 1 saturated carbocycles. The molecule has 1 heterocycles.